The molecule has 2 unspecified atom stereocenters. The molecule has 21 heavy (non-hydrogen) atoms. The molecular formula is C16H37O3PS. The Morgan fingerprint density at radius 2 is 1.52 bits per heavy atom. The first kappa shape index (κ1) is 26.3. The number of carbonyl (C=O) groups excluding carboxylic acids is 1. The Morgan fingerprint density at radius 1 is 1.05 bits per heavy atom. The van der Waals surface area contributed by atoms with Crippen LogP contribution in [0.1, 0.15) is 92.4 Å². The fraction of sp³-hybridized carbons (Fsp3) is 0.938. The molecule has 0 rings (SSSR count). The zero-order valence-electron chi connectivity index (χ0n) is 14.7. The molecule has 2 N–H and O–H groups in total. The van der Waals surface area contributed by atoms with Gasteiger partial charge in [-0.2, -0.15) is 0 Å². The van der Waals surface area contributed by atoms with Gasteiger partial charge in [-0.1, -0.05) is 66.2 Å². The molecule has 0 aromatic rings. The monoisotopic (exact) mass is 340 g/mol. The number of ketones is 1. The highest BCUT2D eigenvalue weighted by molar-refractivity contribution is 7.98. The topological polar surface area (TPSA) is 57.5 Å². The molecule has 3 nitrogen and oxygen atoms in total. The highest BCUT2D eigenvalue weighted by Crippen LogP contribution is 2.21. The molecule has 0 saturated carbocycles. The van der Waals surface area contributed by atoms with E-state index in [1.165, 1.54) is 38.5 Å². The summed E-state index contributed by atoms with van der Waals surface area (Å²) in [6, 6.07) is 0. The Kier molecular flexibility index (Phi) is 31.7. The quantitative estimate of drug-likeness (QED) is 0.265. The van der Waals surface area contributed by atoms with Crippen molar-refractivity contribution in [1.29, 1.82) is 0 Å². The van der Waals surface area contributed by atoms with E-state index in [-0.39, 0.29) is 13.8 Å². The molecule has 0 aromatic carbocycles. The van der Waals surface area contributed by atoms with Crippen LogP contribution in [0.5, 0.6) is 0 Å². The lowest BCUT2D eigenvalue weighted by Gasteiger charge is -1.99. The predicted molar refractivity (Wildman–Crippen MR) is 99.5 cm³/mol. The van der Waals surface area contributed by atoms with E-state index in [0.717, 1.165) is 19.3 Å². The first-order valence-corrected chi connectivity index (χ1v) is 10.2. The lowest BCUT2D eigenvalue weighted by Crippen LogP contribution is -1.94. The Balaban J connectivity index is -0.000000339. The molecular weight excluding hydrogens is 303 g/mol. The Hall–Kier alpha value is 0.370. The molecule has 0 amide bonds. The van der Waals surface area contributed by atoms with Gasteiger partial charge in [0, 0.05) is 21.6 Å². The highest BCUT2D eigenvalue weighted by atomic mass is 32.2. The number of Topliss-reactive ketones (excluding diaryl/α,β-unsaturated/α-hetero) is 1. The van der Waals surface area contributed by atoms with Gasteiger partial charge in [0.25, 0.3) is 0 Å². The Labute approximate surface area is 138 Å². The molecule has 0 spiro atoms. The smallest absolute Gasteiger partial charge is 0.132 e. The number of rotatable bonds is 11. The van der Waals surface area contributed by atoms with Gasteiger partial charge in [-0.05, 0) is 25.4 Å². The van der Waals surface area contributed by atoms with Crippen molar-refractivity contribution in [3.8, 4) is 0 Å². The van der Waals surface area contributed by atoms with Crippen molar-refractivity contribution in [3.05, 3.63) is 0 Å². The van der Waals surface area contributed by atoms with Crippen molar-refractivity contribution in [2.45, 2.75) is 97.4 Å². The summed E-state index contributed by atoms with van der Waals surface area (Å²) < 4.78 is 8.10. The van der Waals surface area contributed by atoms with Crippen molar-refractivity contribution in [3.63, 3.8) is 0 Å². The van der Waals surface area contributed by atoms with Crippen LogP contribution < -0.4 is 0 Å². The van der Waals surface area contributed by atoms with Crippen LogP contribution in [-0.2, 0) is 4.79 Å². The van der Waals surface area contributed by atoms with Crippen molar-refractivity contribution in [2.75, 3.05) is 0 Å². The van der Waals surface area contributed by atoms with Crippen LogP contribution >= 0.6 is 20.9 Å². The summed E-state index contributed by atoms with van der Waals surface area (Å²) in [4.78, 5) is 19.1. The molecule has 0 aromatic heterocycles. The summed E-state index contributed by atoms with van der Waals surface area (Å²) in [7, 11) is -0.155. The molecule has 0 aliphatic rings. The standard InChI is InChI=1S/C12H24O.C2H7O2PS.C2H6/c1-3-5-6-7-8-9-10-11-12(13)4-2;1-2(5-3)6-4;1-2/h3-11H2,1-2H3;2-5H,1H3;1-2H3. The van der Waals surface area contributed by atoms with E-state index in [9.17, 15) is 4.79 Å². The first-order chi connectivity index (χ1) is 10.1. The van der Waals surface area contributed by atoms with E-state index in [1.807, 2.05) is 20.8 Å². The van der Waals surface area contributed by atoms with Crippen molar-refractivity contribution < 1.29 is 14.2 Å². The van der Waals surface area contributed by atoms with Crippen molar-refractivity contribution in [1.82, 2.24) is 0 Å². The van der Waals surface area contributed by atoms with Crippen LogP contribution in [0, 0.1) is 0 Å². The third kappa shape index (κ3) is 29.1. The SMILES string of the molecule is CC.CC(PO)SO.CCCCCCCCCC(=O)CC. The van der Waals surface area contributed by atoms with Gasteiger partial charge in [-0.25, -0.2) is 0 Å². The zero-order valence-corrected chi connectivity index (χ0v) is 16.5. The fourth-order valence-corrected chi connectivity index (χ4v) is 1.67. The minimum atomic E-state index is -0.155. The fourth-order valence-electron chi connectivity index (χ4n) is 1.48. The number of hydrogen-bond acceptors (Lipinski definition) is 4. The molecule has 0 heterocycles. The van der Waals surface area contributed by atoms with Gasteiger partial charge < -0.3 is 9.45 Å². The maximum Gasteiger partial charge on any atom is 0.132 e. The van der Waals surface area contributed by atoms with Crippen molar-refractivity contribution in [2.24, 2.45) is 0 Å². The van der Waals surface area contributed by atoms with Crippen molar-refractivity contribution >= 4 is 26.6 Å². The second kappa shape index (κ2) is 25.3. The molecule has 0 aliphatic carbocycles. The van der Waals surface area contributed by atoms with Crippen LogP contribution in [0.25, 0.3) is 0 Å². The third-order valence-electron chi connectivity index (χ3n) is 2.79. The molecule has 2 atom stereocenters. The molecule has 0 aliphatic heterocycles. The van der Waals surface area contributed by atoms with Crippen LogP contribution in [0.4, 0.5) is 0 Å². The average Bonchev–Trinajstić information content (AvgIpc) is 2.55. The van der Waals surface area contributed by atoms with E-state index in [4.69, 9.17) is 9.45 Å². The van der Waals surface area contributed by atoms with E-state index >= 15 is 0 Å². The largest absolute Gasteiger partial charge is 0.376 e. The van der Waals surface area contributed by atoms with Crippen LogP contribution in [0.2, 0.25) is 0 Å². The van der Waals surface area contributed by atoms with Crippen LogP contribution in [0.3, 0.4) is 0 Å². The van der Waals surface area contributed by atoms with E-state index in [1.54, 1.807) is 6.92 Å². The molecule has 130 valence electrons. The van der Waals surface area contributed by atoms with Gasteiger partial charge in [-0.15, -0.1) is 0 Å². The maximum absolute atomic E-state index is 10.9. The van der Waals surface area contributed by atoms with Gasteiger partial charge in [0.15, 0.2) is 0 Å². The Morgan fingerprint density at radius 3 is 1.86 bits per heavy atom. The first-order valence-electron chi connectivity index (χ1n) is 8.33. The van der Waals surface area contributed by atoms with Gasteiger partial charge >= 0.3 is 0 Å². The van der Waals surface area contributed by atoms with E-state index < -0.39 is 0 Å². The lowest BCUT2D eigenvalue weighted by atomic mass is 10.1. The van der Waals surface area contributed by atoms with Crippen LogP contribution in [-0.4, -0.2) is 20.2 Å². The zero-order chi connectivity index (χ0) is 16.9. The van der Waals surface area contributed by atoms with Gasteiger partial charge in [0.05, 0.1) is 4.99 Å². The average molecular weight is 341 g/mol. The predicted octanol–water partition coefficient (Wildman–Crippen LogP) is 6.26. The number of hydrogen-bond donors (Lipinski definition) is 2. The number of unbranched alkanes of at least 4 members (excludes halogenated alkanes) is 6. The van der Waals surface area contributed by atoms with Gasteiger partial charge in [0.2, 0.25) is 0 Å². The molecule has 0 radical (unpaired) electrons. The normalized spacial score (nSPS) is 11.4. The second-order valence-electron chi connectivity index (χ2n) is 4.64. The second-order valence-corrected chi connectivity index (χ2v) is 7.10. The lowest BCUT2D eigenvalue weighted by molar-refractivity contribution is -0.118. The molecule has 0 bridgehead atoms. The third-order valence-corrected chi connectivity index (χ3v) is 4.11. The highest BCUT2D eigenvalue weighted by Gasteiger charge is 1.97. The minimum absolute atomic E-state index is 0.00926. The summed E-state index contributed by atoms with van der Waals surface area (Å²) in [5, 5.41) is 0. The summed E-state index contributed by atoms with van der Waals surface area (Å²) in [6.07, 6.45) is 10.6. The Bertz CT molecular complexity index is 188. The molecule has 0 fully saturated rings. The van der Waals surface area contributed by atoms with Crippen LogP contribution in [0.15, 0.2) is 0 Å². The van der Waals surface area contributed by atoms with E-state index in [0.29, 0.717) is 17.8 Å². The number of carbonyl (C=O) groups is 1. The maximum atomic E-state index is 10.9. The van der Waals surface area contributed by atoms with E-state index in [2.05, 4.69) is 6.92 Å². The molecule has 0 saturated heterocycles. The summed E-state index contributed by atoms with van der Waals surface area (Å²) >= 11 is 0.687. The van der Waals surface area contributed by atoms with Gasteiger partial charge in [-0.3, -0.25) is 4.79 Å². The molecule has 5 heteroatoms. The van der Waals surface area contributed by atoms with Gasteiger partial charge in [0.1, 0.15) is 5.78 Å². The summed E-state index contributed by atoms with van der Waals surface area (Å²) in [5.41, 5.74) is 0. The summed E-state index contributed by atoms with van der Waals surface area (Å²) in [6.45, 7) is 9.94. The summed E-state index contributed by atoms with van der Waals surface area (Å²) in [5.74, 6) is 0.425. The minimum Gasteiger partial charge on any atom is -0.376 e.